The summed E-state index contributed by atoms with van der Waals surface area (Å²) >= 11 is 0.927. The standard InChI is InChI=1S/C9H13NO6S2/c1-13-5-6(14-2)9(18(10,11)12)17-7(5)8-15-3-4-16-8/h8H,3-4H2,1-2H3,(H2,10,11,12). The van der Waals surface area contributed by atoms with Crippen LogP contribution in [0.5, 0.6) is 11.5 Å². The van der Waals surface area contributed by atoms with E-state index in [1.807, 2.05) is 0 Å². The molecular weight excluding hydrogens is 282 g/mol. The molecule has 0 saturated carbocycles. The van der Waals surface area contributed by atoms with Crippen LogP contribution in [0.1, 0.15) is 11.2 Å². The average molecular weight is 295 g/mol. The van der Waals surface area contributed by atoms with Crippen molar-refractivity contribution < 1.29 is 27.4 Å². The van der Waals surface area contributed by atoms with E-state index in [9.17, 15) is 8.42 Å². The Labute approximate surface area is 108 Å². The number of thiophene rings is 1. The molecule has 0 bridgehead atoms. The molecule has 7 nitrogen and oxygen atoms in total. The number of methoxy groups -OCH3 is 2. The second kappa shape index (κ2) is 5.02. The van der Waals surface area contributed by atoms with Gasteiger partial charge in [0.15, 0.2) is 22.0 Å². The van der Waals surface area contributed by atoms with Crippen molar-refractivity contribution in [1.82, 2.24) is 0 Å². The zero-order valence-corrected chi connectivity index (χ0v) is 11.5. The summed E-state index contributed by atoms with van der Waals surface area (Å²) in [6.45, 7) is 0.886. The fraction of sp³-hybridized carbons (Fsp3) is 0.556. The van der Waals surface area contributed by atoms with E-state index in [2.05, 4.69) is 0 Å². The lowest BCUT2D eigenvalue weighted by molar-refractivity contribution is -0.0427. The number of primary sulfonamides is 1. The third kappa shape index (κ3) is 2.31. The van der Waals surface area contributed by atoms with Gasteiger partial charge in [-0.05, 0) is 0 Å². The molecule has 18 heavy (non-hydrogen) atoms. The molecule has 1 aliphatic heterocycles. The predicted octanol–water partition coefficient (Wildman–Crippen LogP) is 0.458. The minimum Gasteiger partial charge on any atom is -0.492 e. The van der Waals surface area contributed by atoms with Crippen molar-refractivity contribution in [1.29, 1.82) is 0 Å². The Morgan fingerprint density at radius 2 is 1.78 bits per heavy atom. The van der Waals surface area contributed by atoms with Gasteiger partial charge in [-0.1, -0.05) is 0 Å². The molecule has 2 heterocycles. The summed E-state index contributed by atoms with van der Waals surface area (Å²) in [5.41, 5.74) is 0. The molecule has 0 unspecified atom stereocenters. The second-order valence-electron chi connectivity index (χ2n) is 3.44. The summed E-state index contributed by atoms with van der Waals surface area (Å²) in [7, 11) is -1.13. The van der Waals surface area contributed by atoms with E-state index in [0.29, 0.717) is 18.1 Å². The lowest BCUT2D eigenvalue weighted by atomic mass is 10.4. The molecule has 0 radical (unpaired) electrons. The Bertz CT molecular complexity index is 531. The van der Waals surface area contributed by atoms with Crippen molar-refractivity contribution in [3.8, 4) is 11.5 Å². The molecule has 1 saturated heterocycles. The Balaban J connectivity index is 2.56. The minimum absolute atomic E-state index is 0.0825. The van der Waals surface area contributed by atoms with Gasteiger partial charge >= 0.3 is 0 Å². The van der Waals surface area contributed by atoms with Crippen molar-refractivity contribution in [3.05, 3.63) is 4.88 Å². The molecule has 0 amide bonds. The van der Waals surface area contributed by atoms with Crippen LogP contribution in [0.15, 0.2) is 4.21 Å². The van der Waals surface area contributed by atoms with Crippen LogP contribution in [-0.4, -0.2) is 35.9 Å². The van der Waals surface area contributed by atoms with Crippen LogP contribution >= 0.6 is 11.3 Å². The zero-order valence-electron chi connectivity index (χ0n) is 9.83. The van der Waals surface area contributed by atoms with Crippen LogP contribution in [-0.2, 0) is 19.5 Å². The molecule has 0 spiro atoms. The largest absolute Gasteiger partial charge is 0.492 e. The van der Waals surface area contributed by atoms with E-state index in [1.165, 1.54) is 14.2 Å². The highest BCUT2D eigenvalue weighted by Crippen LogP contribution is 2.48. The summed E-state index contributed by atoms with van der Waals surface area (Å²) < 4.78 is 43.7. The first-order valence-electron chi connectivity index (χ1n) is 4.99. The van der Waals surface area contributed by atoms with Gasteiger partial charge in [0.1, 0.15) is 4.88 Å². The second-order valence-corrected chi connectivity index (χ2v) is 6.25. The van der Waals surface area contributed by atoms with Crippen molar-refractivity contribution in [2.24, 2.45) is 5.14 Å². The van der Waals surface area contributed by atoms with Crippen LogP contribution < -0.4 is 14.6 Å². The van der Waals surface area contributed by atoms with Gasteiger partial charge in [-0.15, -0.1) is 11.3 Å². The molecule has 0 atom stereocenters. The molecular formula is C9H13NO6S2. The summed E-state index contributed by atoms with van der Waals surface area (Å²) in [6.07, 6.45) is -0.644. The third-order valence-electron chi connectivity index (χ3n) is 2.32. The number of hydrogen-bond donors (Lipinski definition) is 1. The van der Waals surface area contributed by atoms with Crippen molar-refractivity contribution in [2.45, 2.75) is 10.5 Å². The molecule has 9 heteroatoms. The van der Waals surface area contributed by atoms with Gasteiger partial charge in [-0.2, -0.15) is 0 Å². The van der Waals surface area contributed by atoms with E-state index in [0.717, 1.165) is 11.3 Å². The van der Waals surface area contributed by atoms with Crippen molar-refractivity contribution >= 4 is 21.4 Å². The van der Waals surface area contributed by atoms with Crippen LogP contribution in [0, 0.1) is 0 Å². The maximum absolute atomic E-state index is 11.5. The van der Waals surface area contributed by atoms with Crippen LogP contribution in [0.3, 0.4) is 0 Å². The molecule has 1 aromatic heterocycles. The Morgan fingerprint density at radius 3 is 2.22 bits per heavy atom. The lowest BCUT2D eigenvalue weighted by Gasteiger charge is -2.09. The van der Waals surface area contributed by atoms with Crippen LogP contribution in [0.2, 0.25) is 0 Å². The molecule has 102 valence electrons. The smallest absolute Gasteiger partial charge is 0.251 e. The quantitative estimate of drug-likeness (QED) is 0.866. The lowest BCUT2D eigenvalue weighted by Crippen LogP contribution is -2.11. The molecule has 1 aliphatic rings. The monoisotopic (exact) mass is 295 g/mol. The first-order chi connectivity index (χ1) is 8.49. The Kier molecular flexibility index (Phi) is 3.78. The minimum atomic E-state index is -3.88. The number of rotatable bonds is 4. The summed E-state index contributed by atoms with van der Waals surface area (Å²) in [5.74, 6) is 0.359. The molecule has 1 aromatic rings. The SMILES string of the molecule is COc1c(C2OCCO2)sc(S(N)(=O)=O)c1OC. The highest BCUT2D eigenvalue weighted by atomic mass is 32.2. The number of sulfonamides is 1. The van der Waals surface area contributed by atoms with Gasteiger partial charge in [0, 0.05) is 0 Å². The van der Waals surface area contributed by atoms with E-state index in [-0.39, 0.29) is 15.7 Å². The zero-order chi connectivity index (χ0) is 13.3. The average Bonchev–Trinajstić information content (AvgIpc) is 2.93. The van der Waals surface area contributed by atoms with Crippen molar-refractivity contribution in [2.75, 3.05) is 27.4 Å². The van der Waals surface area contributed by atoms with Gasteiger partial charge in [0.05, 0.1) is 27.4 Å². The first-order valence-corrected chi connectivity index (χ1v) is 7.36. The van der Waals surface area contributed by atoms with Gasteiger partial charge in [-0.3, -0.25) is 0 Å². The molecule has 0 aromatic carbocycles. The molecule has 2 rings (SSSR count). The maximum atomic E-state index is 11.5. The first kappa shape index (κ1) is 13.6. The predicted molar refractivity (Wildman–Crippen MR) is 63.4 cm³/mol. The number of nitrogens with two attached hydrogens (primary N) is 1. The topological polar surface area (TPSA) is 97.1 Å². The van der Waals surface area contributed by atoms with E-state index in [1.54, 1.807) is 0 Å². The third-order valence-corrected chi connectivity index (χ3v) is 4.94. The van der Waals surface area contributed by atoms with Crippen molar-refractivity contribution in [3.63, 3.8) is 0 Å². The van der Waals surface area contributed by atoms with Crippen LogP contribution in [0.4, 0.5) is 0 Å². The Hall–Kier alpha value is -0.870. The van der Waals surface area contributed by atoms with Gasteiger partial charge in [0.25, 0.3) is 10.0 Å². The fourth-order valence-corrected chi connectivity index (χ4v) is 3.76. The molecule has 0 aliphatic carbocycles. The van der Waals surface area contributed by atoms with E-state index in [4.69, 9.17) is 24.1 Å². The van der Waals surface area contributed by atoms with Gasteiger partial charge in [0.2, 0.25) is 0 Å². The van der Waals surface area contributed by atoms with Gasteiger partial charge < -0.3 is 18.9 Å². The van der Waals surface area contributed by atoms with Gasteiger partial charge in [-0.25, -0.2) is 13.6 Å². The molecule has 2 N–H and O–H groups in total. The summed E-state index contributed by atoms with van der Waals surface area (Å²) in [6, 6.07) is 0. The number of hydrogen-bond acceptors (Lipinski definition) is 7. The highest BCUT2D eigenvalue weighted by molar-refractivity contribution is 7.91. The number of ether oxygens (including phenoxy) is 4. The fourth-order valence-electron chi connectivity index (χ4n) is 1.62. The summed E-state index contributed by atoms with van der Waals surface area (Å²) in [4.78, 5) is 0.496. The maximum Gasteiger partial charge on any atom is 0.251 e. The Morgan fingerprint density at radius 1 is 1.22 bits per heavy atom. The summed E-state index contributed by atoms with van der Waals surface area (Å²) in [5, 5.41) is 5.13. The molecule has 1 fully saturated rings. The highest BCUT2D eigenvalue weighted by Gasteiger charge is 2.33. The van der Waals surface area contributed by atoms with Crippen LogP contribution in [0.25, 0.3) is 0 Å². The normalized spacial score (nSPS) is 17.1. The van der Waals surface area contributed by atoms with E-state index < -0.39 is 16.3 Å². The van der Waals surface area contributed by atoms with E-state index >= 15 is 0 Å².